The number of benzene rings is 1. The molecular weight excluding hydrogens is 258 g/mol. The quantitative estimate of drug-likeness (QED) is 0.652. The first-order chi connectivity index (χ1) is 8.56. The minimum Gasteiger partial charge on any atom is -0.368 e. The molecule has 2 rings (SSSR count). The van der Waals surface area contributed by atoms with E-state index >= 15 is 0 Å². The molecule has 0 radical (unpaired) electrons. The summed E-state index contributed by atoms with van der Waals surface area (Å²) in [5.41, 5.74) is 5.71. The van der Waals surface area contributed by atoms with Gasteiger partial charge in [-0.1, -0.05) is 17.7 Å². The zero-order valence-corrected chi connectivity index (χ0v) is 9.76. The van der Waals surface area contributed by atoms with Crippen molar-refractivity contribution in [1.29, 1.82) is 0 Å². The van der Waals surface area contributed by atoms with E-state index in [2.05, 4.69) is 15.3 Å². The summed E-state index contributed by atoms with van der Waals surface area (Å²) in [4.78, 5) is 17.6. The molecular formula is C10H8ClN5O2. The molecule has 7 nitrogen and oxygen atoms in total. The van der Waals surface area contributed by atoms with E-state index in [1.165, 1.54) is 0 Å². The van der Waals surface area contributed by atoms with Gasteiger partial charge in [0, 0.05) is 10.7 Å². The number of hydrogen-bond donors (Lipinski definition) is 2. The van der Waals surface area contributed by atoms with Gasteiger partial charge in [0.05, 0.1) is 4.92 Å². The van der Waals surface area contributed by atoms with Crippen LogP contribution in [0.5, 0.6) is 0 Å². The van der Waals surface area contributed by atoms with Crippen LogP contribution in [0.4, 0.5) is 23.1 Å². The molecule has 92 valence electrons. The van der Waals surface area contributed by atoms with Crippen molar-refractivity contribution in [1.82, 2.24) is 9.97 Å². The van der Waals surface area contributed by atoms with E-state index in [-0.39, 0.29) is 17.5 Å². The molecule has 0 unspecified atom stereocenters. The number of rotatable bonds is 3. The Labute approximate surface area is 107 Å². The predicted molar refractivity (Wildman–Crippen MR) is 67.8 cm³/mol. The lowest BCUT2D eigenvalue weighted by molar-refractivity contribution is -0.384. The van der Waals surface area contributed by atoms with Gasteiger partial charge >= 0.3 is 5.69 Å². The molecule has 0 saturated carbocycles. The van der Waals surface area contributed by atoms with Crippen molar-refractivity contribution >= 4 is 34.7 Å². The van der Waals surface area contributed by atoms with Gasteiger partial charge in [-0.15, -0.1) is 0 Å². The Bertz CT molecular complexity index is 605. The molecule has 1 aromatic carbocycles. The fraction of sp³-hybridized carbons (Fsp3) is 0. The van der Waals surface area contributed by atoms with Crippen molar-refractivity contribution in [2.75, 3.05) is 11.1 Å². The van der Waals surface area contributed by atoms with Gasteiger partial charge in [-0.05, 0) is 18.2 Å². The number of aromatic nitrogens is 2. The molecule has 0 spiro atoms. The Kier molecular flexibility index (Phi) is 3.24. The van der Waals surface area contributed by atoms with Gasteiger partial charge in [0.25, 0.3) is 0 Å². The number of nitro groups is 1. The Morgan fingerprint density at radius 2 is 2.22 bits per heavy atom. The minimum atomic E-state index is -0.591. The second-order valence-electron chi connectivity index (χ2n) is 3.35. The van der Waals surface area contributed by atoms with Crippen molar-refractivity contribution in [3.05, 3.63) is 45.6 Å². The van der Waals surface area contributed by atoms with Crippen molar-refractivity contribution in [3.8, 4) is 0 Å². The highest BCUT2D eigenvalue weighted by molar-refractivity contribution is 6.30. The van der Waals surface area contributed by atoms with Gasteiger partial charge in [-0.2, -0.15) is 4.98 Å². The van der Waals surface area contributed by atoms with Crippen LogP contribution < -0.4 is 11.1 Å². The fourth-order valence-corrected chi connectivity index (χ4v) is 1.51. The van der Waals surface area contributed by atoms with Crippen molar-refractivity contribution in [3.63, 3.8) is 0 Å². The highest BCUT2D eigenvalue weighted by atomic mass is 35.5. The number of hydrogen-bond acceptors (Lipinski definition) is 6. The lowest BCUT2D eigenvalue weighted by Crippen LogP contribution is -2.03. The van der Waals surface area contributed by atoms with Gasteiger partial charge in [0.15, 0.2) is 0 Å². The molecule has 0 atom stereocenters. The molecule has 0 fully saturated rings. The maximum absolute atomic E-state index is 10.8. The summed E-state index contributed by atoms with van der Waals surface area (Å²) in [6, 6.07) is 6.72. The largest absolute Gasteiger partial charge is 0.368 e. The molecule has 1 heterocycles. The maximum atomic E-state index is 10.8. The molecule has 2 aromatic rings. The van der Waals surface area contributed by atoms with Crippen LogP contribution in [0.15, 0.2) is 30.5 Å². The van der Waals surface area contributed by atoms with Gasteiger partial charge in [-0.3, -0.25) is 10.1 Å². The van der Waals surface area contributed by atoms with Crippen LogP contribution in [0.3, 0.4) is 0 Å². The van der Waals surface area contributed by atoms with Gasteiger partial charge in [0.2, 0.25) is 11.8 Å². The summed E-state index contributed by atoms with van der Waals surface area (Å²) < 4.78 is 0. The molecule has 1 aromatic heterocycles. The second kappa shape index (κ2) is 4.84. The van der Waals surface area contributed by atoms with Crippen LogP contribution >= 0.6 is 11.6 Å². The van der Waals surface area contributed by atoms with Crippen LogP contribution in [-0.2, 0) is 0 Å². The van der Waals surface area contributed by atoms with Crippen LogP contribution in [-0.4, -0.2) is 14.9 Å². The highest BCUT2D eigenvalue weighted by Gasteiger charge is 2.16. The number of nitrogens with zero attached hydrogens (tertiary/aromatic N) is 3. The third-order valence-corrected chi connectivity index (χ3v) is 2.31. The van der Waals surface area contributed by atoms with E-state index in [1.807, 2.05) is 0 Å². The number of nitrogens with one attached hydrogen (secondary N) is 1. The SMILES string of the molecule is Nc1ncc([N+](=O)[O-])c(Nc2cccc(Cl)c2)n1. The van der Waals surface area contributed by atoms with E-state index in [0.717, 1.165) is 6.20 Å². The Morgan fingerprint density at radius 1 is 1.44 bits per heavy atom. The summed E-state index contributed by atoms with van der Waals surface area (Å²) in [5.74, 6) is -0.0279. The molecule has 18 heavy (non-hydrogen) atoms. The minimum absolute atomic E-state index is 0.0229. The first-order valence-corrected chi connectivity index (χ1v) is 5.23. The Hall–Kier alpha value is -2.41. The molecule has 3 N–H and O–H groups in total. The highest BCUT2D eigenvalue weighted by Crippen LogP contribution is 2.26. The van der Waals surface area contributed by atoms with Crippen molar-refractivity contribution < 1.29 is 4.92 Å². The third-order valence-electron chi connectivity index (χ3n) is 2.07. The average Bonchev–Trinajstić information content (AvgIpc) is 2.28. The summed E-state index contributed by atoms with van der Waals surface area (Å²) in [5, 5.41) is 14.1. The van der Waals surface area contributed by atoms with Crippen molar-refractivity contribution in [2.24, 2.45) is 0 Å². The average molecular weight is 266 g/mol. The molecule has 8 heteroatoms. The smallest absolute Gasteiger partial charge is 0.329 e. The van der Waals surface area contributed by atoms with E-state index in [1.54, 1.807) is 24.3 Å². The molecule has 0 bridgehead atoms. The second-order valence-corrected chi connectivity index (χ2v) is 3.79. The van der Waals surface area contributed by atoms with Crippen LogP contribution in [0.2, 0.25) is 5.02 Å². The lowest BCUT2D eigenvalue weighted by atomic mass is 10.3. The normalized spacial score (nSPS) is 10.1. The monoisotopic (exact) mass is 265 g/mol. The first kappa shape index (κ1) is 12.1. The summed E-state index contributed by atoms with van der Waals surface area (Å²) in [6.45, 7) is 0. The number of halogens is 1. The topological polar surface area (TPSA) is 107 Å². The van der Waals surface area contributed by atoms with Gasteiger partial charge in [-0.25, -0.2) is 4.98 Å². The predicted octanol–water partition coefficient (Wildman–Crippen LogP) is 2.36. The molecule has 0 aliphatic carbocycles. The van der Waals surface area contributed by atoms with E-state index < -0.39 is 4.92 Å². The number of nitrogens with two attached hydrogens (primary N) is 1. The molecule has 0 saturated heterocycles. The lowest BCUT2D eigenvalue weighted by Gasteiger charge is -2.06. The summed E-state index contributed by atoms with van der Waals surface area (Å²) in [7, 11) is 0. The fourth-order valence-electron chi connectivity index (χ4n) is 1.32. The third kappa shape index (κ3) is 2.64. The van der Waals surface area contributed by atoms with Crippen molar-refractivity contribution in [2.45, 2.75) is 0 Å². The molecule has 0 aliphatic heterocycles. The van der Waals surface area contributed by atoms with E-state index in [9.17, 15) is 10.1 Å². The van der Waals surface area contributed by atoms with E-state index in [4.69, 9.17) is 17.3 Å². The maximum Gasteiger partial charge on any atom is 0.329 e. The van der Waals surface area contributed by atoms with Crippen LogP contribution in [0.25, 0.3) is 0 Å². The van der Waals surface area contributed by atoms with Gasteiger partial charge in [0.1, 0.15) is 6.20 Å². The Morgan fingerprint density at radius 3 is 2.89 bits per heavy atom. The zero-order valence-electron chi connectivity index (χ0n) is 9.00. The Balaban J connectivity index is 2.39. The van der Waals surface area contributed by atoms with E-state index in [0.29, 0.717) is 10.7 Å². The summed E-state index contributed by atoms with van der Waals surface area (Å²) >= 11 is 5.81. The van der Waals surface area contributed by atoms with Crippen LogP contribution in [0, 0.1) is 10.1 Å². The molecule has 0 aliphatic rings. The first-order valence-electron chi connectivity index (χ1n) is 4.86. The summed E-state index contributed by atoms with van der Waals surface area (Å²) in [6.07, 6.45) is 1.05. The van der Waals surface area contributed by atoms with Gasteiger partial charge < -0.3 is 11.1 Å². The standard InChI is InChI=1S/C10H8ClN5O2/c11-6-2-1-3-7(4-6)14-9-8(16(17)18)5-13-10(12)15-9/h1-5H,(H3,12,13,14,15). The number of nitrogen functional groups attached to an aromatic ring is 1. The number of anilines is 3. The van der Waals surface area contributed by atoms with Crippen LogP contribution in [0.1, 0.15) is 0 Å². The zero-order chi connectivity index (χ0) is 13.1. The molecule has 0 amide bonds.